The molecule has 0 aliphatic rings. The van der Waals surface area contributed by atoms with Gasteiger partial charge in [0.15, 0.2) is 0 Å². The van der Waals surface area contributed by atoms with Crippen molar-refractivity contribution < 1.29 is 18.7 Å². The Hall–Kier alpha value is -2.69. The van der Waals surface area contributed by atoms with Crippen LogP contribution < -0.4 is 5.32 Å². The average Bonchev–Trinajstić information content (AvgIpc) is 2.56. The van der Waals surface area contributed by atoms with Gasteiger partial charge in [-0.15, -0.1) is 0 Å². The van der Waals surface area contributed by atoms with E-state index in [0.29, 0.717) is 11.1 Å². The van der Waals surface area contributed by atoms with E-state index in [2.05, 4.69) is 5.32 Å². The lowest BCUT2D eigenvalue weighted by molar-refractivity contribution is -0.149. The minimum Gasteiger partial charge on any atom is -0.461 e. The quantitative estimate of drug-likeness (QED) is 0.829. The number of carbonyl (C=O) groups excluding carboxylic acids is 2. The van der Waals surface area contributed by atoms with E-state index in [0.717, 1.165) is 0 Å². The minimum absolute atomic E-state index is 0.0246. The summed E-state index contributed by atoms with van der Waals surface area (Å²) in [6.45, 7) is 3.44. The molecule has 2 rings (SSSR count). The van der Waals surface area contributed by atoms with Crippen LogP contribution in [-0.2, 0) is 16.0 Å². The summed E-state index contributed by atoms with van der Waals surface area (Å²) in [6, 6.07) is 13.7. The van der Waals surface area contributed by atoms with Gasteiger partial charge in [-0.1, -0.05) is 36.4 Å². The molecule has 24 heavy (non-hydrogen) atoms. The number of ether oxygens (including phenoxy) is 1. The summed E-state index contributed by atoms with van der Waals surface area (Å²) in [5.74, 6) is -1.41. The molecule has 0 saturated carbocycles. The number of carbonyl (C=O) groups is 2. The van der Waals surface area contributed by atoms with Crippen LogP contribution in [0.25, 0.3) is 0 Å². The van der Waals surface area contributed by atoms with Crippen molar-refractivity contribution in [3.63, 3.8) is 0 Å². The number of amides is 1. The van der Waals surface area contributed by atoms with Crippen molar-refractivity contribution in [2.75, 3.05) is 0 Å². The molecule has 0 aliphatic carbocycles. The van der Waals surface area contributed by atoms with E-state index in [1.807, 2.05) is 0 Å². The predicted octanol–water partition coefficient (Wildman–Crippen LogP) is 3.12. The maximum atomic E-state index is 13.9. The minimum atomic E-state index is -0.961. The number of nitrogens with one attached hydrogen (secondary N) is 1. The highest BCUT2D eigenvalue weighted by Gasteiger charge is 2.25. The normalized spacial score (nSPS) is 11.8. The van der Waals surface area contributed by atoms with Gasteiger partial charge < -0.3 is 10.1 Å². The summed E-state index contributed by atoms with van der Waals surface area (Å²) in [4.78, 5) is 24.6. The van der Waals surface area contributed by atoms with Crippen LogP contribution in [0.3, 0.4) is 0 Å². The number of hydrogen-bond acceptors (Lipinski definition) is 3. The monoisotopic (exact) mass is 329 g/mol. The Morgan fingerprint density at radius 3 is 2.29 bits per heavy atom. The number of halogens is 1. The van der Waals surface area contributed by atoms with Crippen LogP contribution in [0.2, 0.25) is 0 Å². The van der Waals surface area contributed by atoms with Gasteiger partial charge in [-0.3, -0.25) is 4.79 Å². The van der Waals surface area contributed by atoms with Crippen molar-refractivity contribution in [3.05, 3.63) is 71.5 Å². The summed E-state index contributed by atoms with van der Waals surface area (Å²) in [6.07, 6.45) is -0.300. The topological polar surface area (TPSA) is 55.4 Å². The van der Waals surface area contributed by atoms with E-state index in [1.165, 1.54) is 6.07 Å². The van der Waals surface area contributed by atoms with E-state index < -0.39 is 23.7 Å². The SMILES string of the molecule is CC(C)OC(=O)C(Cc1ccccc1F)NC(=O)c1ccccc1. The third-order valence-electron chi connectivity index (χ3n) is 3.36. The van der Waals surface area contributed by atoms with Crippen molar-refractivity contribution in [2.45, 2.75) is 32.4 Å². The molecule has 0 aromatic heterocycles. The summed E-state index contributed by atoms with van der Waals surface area (Å²) in [5, 5.41) is 2.63. The fraction of sp³-hybridized carbons (Fsp3) is 0.263. The van der Waals surface area contributed by atoms with Crippen LogP contribution in [0.5, 0.6) is 0 Å². The molecule has 0 spiro atoms. The molecule has 0 bridgehead atoms. The van der Waals surface area contributed by atoms with Crippen LogP contribution >= 0.6 is 0 Å². The van der Waals surface area contributed by atoms with Crippen LogP contribution in [0, 0.1) is 5.82 Å². The lowest BCUT2D eigenvalue weighted by atomic mass is 10.0. The van der Waals surface area contributed by atoms with Crippen molar-refractivity contribution in [3.8, 4) is 0 Å². The number of rotatable bonds is 6. The van der Waals surface area contributed by atoms with E-state index in [9.17, 15) is 14.0 Å². The Labute approximate surface area is 140 Å². The Balaban J connectivity index is 2.18. The van der Waals surface area contributed by atoms with Crippen molar-refractivity contribution >= 4 is 11.9 Å². The molecule has 0 aliphatic heterocycles. The van der Waals surface area contributed by atoms with Crippen LogP contribution in [0.4, 0.5) is 4.39 Å². The smallest absolute Gasteiger partial charge is 0.329 e. The van der Waals surface area contributed by atoms with Gasteiger partial charge in [-0.25, -0.2) is 9.18 Å². The molecule has 0 fully saturated rings. The van der Waals surface area contributed by atoms with Gasteiger partial charge in [-0.2, -0.15) is 0 Å². The van der Waals surface area contributed by atoms with Gasteiger partial charge in [0.2, 0.25) is 0 Å². The Morgan fingerprint density at radius 1 is 1.04 bits per heavy atom. The zero-order chi connectivity index (χ0) is 17.5. The standard InChI is InChI=1S/C19H20FNO3/c1-13(2)24-19(23)17(12-15-10-6-7-11-16(15)20)21-18(22)14-8-4-3-5-9-14/h3-11,13,17H,12H2,1-2H3,(H,21,22). The van der Waals surface area contributed by atoms with Gasteiger partial charge in [-0.05, 0) is 37.6 Å². The largest absolute Gasteiger partial charge is 0.461 e. The molecular weight excluding hydrogens is 309 g/mol. The molecule has 1 unspecified atom stereocenters. The zero-order valence-electron chi connectivity index (χ0n) is 13.7. The van der Waals surface area contributed by atoms with Crippen LogP contribution in [0.15, 0.2) is 54.6 Å². The molecular formula is C19H20FNO3. The second-order valence-electron chi connectivity index (χ2n) is 5.67. The zero-order valence-corrected chi connectivity index (χ0v) is 13.7. The summed E-state index contributed by atoms with van der Waals surface area (Å²) in [5.41, 5.74) is 0.768. The predicted molar refractivity (Wildman–Crippen MR) is 89.0 cm³/mol. The Kier molecular flexibility index (Phi) is 6.07. The van der Waals surface area contributed by atoms with E-state index in [-0.39, 0.29) is 12.5 Å². The first-order valence-corrected chi connectivity index (χ1v) is 7.77. The van der Waals surface area contributed by atoms with E-state index >= 15 is 0 Å². The number of hydrogen-bond donors (Lipinski definition) is 1. The second-order valence-corrected chi connectivity index (χ2v) is 5.67. The van der Waals surface area contributed by atoms with Crippen LogP contribution in [0.1, 0.15) is 29.8 Å². The molecule has 1 atom stereocenters. The fourth-order valence-electron chi connectivity index (χ4n) is 2.22. The van der Waals surface area contributed by atoms with Gasteiger partial charge >= 0.3 is 5.97 Å². The van der Waals surface area contributed by atoms with Crippen molar-refractivity contribution in [2.24, 2.45) is 0 Å². The third-order valence-corrected chi connectivity index (χ3v) is 3.36. The lowest BCUT2D eigenvalue weighted by Crippen LogP contribution is -2.44. The van der Waals surface area contributed by atoms with E-state index in [4.69, 9.17) is 4.74 Å². The number of benzene rings is 2. The highest BCUT2D eigenvalue weighted by Crippen LogP contribution is 2.11. The maximum Gasteiger partial charge on any atom is 0.329 e. The number of esters is 1. The second kappa shape index (κ2) is 8.24. The molecule has 1 N–H and O–H groups in total. The molecule has 0 heterocycles. The van der Waals surface area contributed by atoms with Crippen LogP contribution in [-0.4, -0.2) is 24.0 Å². The summed E-state index contributed by atoms with van der Waals surface area (Å²) < 4.78 is 19.1. The molecule has 5 heteroatoms. The first-order valence-electron chi connectivity index (χ1n) is 7.77. The highest BCUT2D eigenvalue weighted by atomic mass is 19.1. The molecule has 0 saturated heterocycles. The van der Waals surface area contributed by atoms with Gasteiger partial charge in [0.25, 0.3) is 5.91 Å². The van der Waals surface area contributed by atoms with Gasteiger partial charge in [0, 0.05) is 12.0 Å². The van der Waals surface area contributed by atoms with Gasteiger partial charge in [0.1, 0.15) is 11.9 Å². The molecule has 4 nitrogen and oxygen atoms in total. The first kappa shape index (κ1) is 17.7. The fourth-order valence-corrected chi connectivity index (χ4v) is 2.22. The summed E-state index contributed by atoms with van der Waals surface area (Å²) >= 11 is 0. The molecule has 1 amide bonds. The Morgan fingerprint density at radius 2 is 1.67 bits per heavy atom. The molecule has 2 aromatic carbocycles. The van der Waals surface area contributed by atoms with Crippen molar-refractivity contribution in [1.29, 1.82) is 0 Å². The van der Waals surface area contributed by atoms with Crippen molar-refractivity contribution in [1.82, 2.24) is 5.32 Å². The molecule has 0 radical (unpaired) electrons. The maximum absolute atomic E-state index is 13.9. The third kappa shape index (κ3) is 4.91. The molecule has 2 aromatic rings. The van der Waals surface area contributed by atoms with Gasteiger partial charge in [0.05, 0.1) is 6.10 Å². The summed E-state index contributed by atoms with van der Waals surface area (Å²) in [7, 11) is 0. The molecule has 126 valence electrons. The first-order chi connectivity index (χ1) is 11.5. The van der Waals surface area contributed by atoms with E-state index in [1.54, 1.807) is 62.4 Å². The Bertz CT molecular complexity index is 701. The average molecular weight is 329 g/mol. The lowest BCUT2D eigenvalue weighted by Gasteiger charge is -2.19. The highest BCUT2D eigenvalue weighted by molar-refractivity contribution is 5.96.